The van der Waals surface area contributed by atoms with Crippen LogP contribution in [-0.4, -0.2) is 18.7 Å². The Kier molecular flexibility index (Phi) is 5.72. The second-order valence-corrected chi connectivity index (χ2v) is 4.90. The van der Waals surface area contributed by atoms with E-state index < -0.39 is 0 Å². The van der Waals surface area contributed by atoms with E-state index in [0.29, 0.717) is 12.2 Å². The molecular formula is C18H20N2O2. The van der Waals surface area contributed by atoms with Gasteiger partial charge < -0.3 is 4.74 Å². The highest BCUT2D eigenvalue weighted by Gasteiger charge is 2.06. The minimum atomic E-state index is -0.221. The number of amides is 1. The van der Waals surface area contributed by atoms with Crippen LogP contribution in [0.4, 0.5) is 0 Å². The molecule has 0 aliphatic heterocycles. The predicted octanol–water partition coefficient (Wildman–Crippen LogP) is 3.55. The third-order valence-corrected chi connectivity index (χ3v) is 3.14. The third kappa shape index (κ3) is 4.19. The molecule has 114 valence electrons. The van der Waals surface area contributed by atoms with Crippen LogP contribution < -0.4 is 10.2 Å². The first-order valence-corrected chi connectivity index (χ1v) is 7.33. The molecule has 2 aromatic carbocycles. The summed E-state index contributed by atoms with van der Waals surface area (Å²) in [6.45, 7) is 4.60. The van der Waals surface area contributed by atoms with E-state index in [1.54, 1.807) is 12.3 Å². The summed E-state index contributed by atoms with van der Waals surface area (Å²) in [5, 5.41) is 4.02. The molecule has 1 amide bonds. The molecule has 2 aromatic rings. The Morgan fingerprint density at radius 3 is 2.68 bits per heavy atom. The van der Waals surface area contributed by atoms with E-state index in [1.165, 1.54) is 0 Å². The van der Waals surface area contributed by atoms with Crippen molar-refractivity contribution in [2.45, 2.75) is 20.3 Å². The van der Waals surface area contributed by atoms with E-state index in [9.17, 15) is 4.79 Å². The van der Waals surface area contributed by atoms with Gasteiger partial charge in [-0.05, 0) is 37.1 Å². The lowest BCUT2D eigenvalue weighted by Crippen LogP contribution is -2.18. The van der Waals surface area contributed by atoms with Gasteiger partial charge in [-0.25, -0.2) is 5.43 Å². The van der Waals surface area contributed by atoms with Crippen LogP contribution in [0.25, 0.3) is 0 Å². The molecule has 4 nitrogen and oxygen atoms in total. The van der Waals surface area contributed by atoms with Crippen LogP contribution in [0.3, 0.4) is 0 Å². The number of benzene rings is 2. The molecule has 1 N–H and O–H groups in total. The molecule has 0 radical (unpaired) electrons. The summed E-state index contributed by atoms with van der Waals surface area (Å²) >= 11 is 0. The number of ether oxygens (including phenoxy) is 1. The van der Waals surface area contributed by atoms with Crippen molar-refractivity contribution in [3.05, 3.63) is 65.2 Å². The lowest BCUT2D eigenvalue weighted by molar-refractivity contribution is 0.0954. The van der Waals surface area contributed by atoms with Crippen molar-refractivity contribution in [3.8, 4) is 5.75 Å². The summed E-state index contributed by atoms with van der Waals surface area (Å²) in [7, 11) is 0. The van der Waals surface area contributed by atoms with Gasteiger partial charge in [0.2, 0.25) is 0 Å². The summed E-state index contributed by atoms with van der Waals surface area (Å²) in [5.74, 6) is 0.541. The lowest BCUT2D eigenvalue weighted by atomic mass is 10.1. The number of para-hydroxylation sites is 1. The normalized spacial score (nSPS) is 10.6. The van der Waals surface area contributed by atoms with Gasteiger partial charge in [0, 0.05) is 11.1 Å². The van der Waals surface area contributed by atoms with Gasteiger partial charge in [0.25, 0.3) is 5.91 Å². The fourth-order valence-corrected chi connectivity index (χ4v) is 1.98. The standard InChI is InChI=1S/C18H20N2O2/c1-3-12-22-17-11-7-5-9-15(17)13-19-20-18(21)16-10-6-4-8-14(16)2/h4-11,13H,3,12H2,1-2H3,(H,20,21)/b19-13-. The van der Waals surface area contributed by atoms with Crippen LogP contribution in [0.1, 0.15) is 34.8 Å². The van der Waals surface area contributed by atoms with Crippen LogP contribution in [0, 0.1) is 6.92 Å². The number of aryl methyl sites for hydroxylation is 1. The molecule has 2 rings (SSSR count). The number of hydrogen-bond acceptors (Lipinski definition) is 3. The minimum absolute atomic E-state index is 0.221. The SMILES string of the molecule is CCCOc1ccccc1/C=N\NC(=O)c1ccccc1C. The molecule has 0 fully saturated rings. The van der Waals surface area contributed by atoms with E-state index in [4.69, 9.17) is 4.74 Å². The van der Waals surface area contributed by atoms with Gasteiger partial charge in [-0.3, -0.25) is 4.79 Å². The highest BCUT2D eigenvalue weighted by molar-refractivity contribution is 5.96. The maximum atomic E-state index is 12.1. The smallest absolute Gasteiger partial charge is 0.271 e. The van der Waals surface area contributed by atoms with Crippen molar-refractivity contribution in [1.82, 2.24) is 5.43 Å². The van der Waals surface area contributed by atoms with Crippen LogP contribution in [0.2, 0.25) is 0 Å². The molecule has 0 spiro atoms. The zero-order chi connectivity index (χ0) is 15.8. The predicted molar refractivity (Wildman–Crippen MR) is 88.5 cm³/mol. The van der Waals surface area contributed by atoms with Gasteiger partial charge in [-0.1, -0.05) is 37.3 Å². The maximum Gasteiger partial charge on any atom is 0.271 e. The number of nitrogens with one attached hydrogen (secondary N) is 1. The van der Waals surface area contributed by atoms with Crippen molar-refractivity contribution in [3.63, 3.8) is 0 Å². The number of carbonyl (C=O) groups is 1. The van der Waals surface area contributed by atoms with Crippen molar-refractivity contribution >= 4 is 12.1 Å². The van der Waals surface area contributed by atoms with Gasteiger partial charge in [0.15, 0.2) is 0 Å². The molecule has 4 heteroatoms. The molecule has 0 unspecified atom stereocenters. The summed E-state index contributed by atoms with van der Waals surface area (Å²) in [6, 6.07) is 15.0. The Hall–Kier alpha value is -2.62. The molecule has 0 bridgehead atoms. The van der Waals surface area contributed by atoms with E-state index >= 15 is 0 Å². The zero-order valence-electron chi connectivity index (χ0n) is 12.9. The number of carbonyl (C=O) groups excluding carboxylic acids is 1. The molecule has 0 atom stereocenters. The lowest BCUT2D eigenvalue weighted by Gasteiger charge is -2.07. The first-order chi connectivity index (χ1) is 10.7. The van der Waals surface area contributed by atoms with E-state index in [1.807, 2.05) is 49.4 Å². The second-order valence-electron chi connectivity index (χ2n) is 4.90. The first kappa shape index (κ1) is 15.8. The van der Waals surface area contributed by atoms with Crippen molar-refractivity contribution < 1.29 is 9.53 Å². The van der Waals surface area contributed by atoms with Crippen LogP contribution >= 0.6 is 0 Å². The van der Waals surface area contributed by atoms with Gasteiger partial charge >= 0.3 is 0 Å². The fraction of sp³-hybridized carbons (Fsp3) is 0.222. The summed E-state index contributed by atoms with van der Waals surface area (Å²) in [5.41, 5.74) is 4.92. The van der Waals surface area contributed by atoms with E-state index in [2.05, 4.69) is 17.5 Å². The van der Waals surface area contributed by atoms with Gasteiger partial charge in [0.1, 0.15) is 5.75 Å². The first-order valence-electron chi connectivity index (χ1n) is 7.33. The largest absolute Gasteiger partial charge is 0.493 e. The molecule has 0 aliphatic carbocycles. The Morgan fingerprint density at radius 2 is 1.91 bits per heavy atom. The summed E-state index contributed by atoms with van der Waals surface area (Å²) in [6.07, 6.45) is 2.54. The van der Waals surface area contributed by atoms with Crippen molar-refractivity contribution in [2.24, 2.45) is 5.10 Å². The second kappa shape index (κ2) is 7.98. The van der Waals surface area contributed by atoms with E-state index in [0.717, 1.165) is 23.3 Å². The van der Waals surface area contributed by atoms with Crippen LogP contribution in [0.15, 0.2) is 53.6 Å². The summed E-state index contributed by atoms with van der Waals surface area (Å²) in [4.78, 5) is 12.1. The number of rotatable bonds is 6. The highest BCUT2D eigenvalue weighted by atomic mass is 16.5. The average Bonchev–Trinajstić information content (AvgIpc) is 2.54. The van der Waals surface area contributed by atoms with Crippen molar-refractivity contribution in [2.75, 3.05) is 6.61 Å². The zero-order valence-corrected chi connectivity index (χ0v) is 12.9. The minimum Gasteiger partial charge on any atom is -0.493 e. The molecule has 0 saturated heterocycles. The molecule has 0 heterocycles. The molecule has 0 aromatic heterocycles. The van der Waals surface area contributed by atoms with Gasteiger partial charge in [0.05, 0.1) is 12.8 Å². The van der Waals surface area contributed by atoms with E-state index in [-0.39, 0.29) is 5.91 Å². The average molecular weight is 296 g/mol. The topological polar surface area (TPSA) is 50.7 Å². The Labute approximate surface area is 130 Å². The molecular weight excluding hydrogens is 276 g/mol. The summed E-state index contributed by atoms with van der Waals surface area (Å²) < 4.78 is 5.64. The van der Waals surface area contributed by atoms with Crippen LogP contribution in [0.5, 0.6) is 5.75 Å². The van der Waals surface area contributed by atoms with Gasteiger partial charge in [-0.2, -0.15) is 5.10 Å². The Morgan fingerprint density at radius 1 is 1.18 bits per heavy atom. The van der Waals surface area contributed by atoms with Crippen LogP contribution in [-0.2, 0) is 0 Å². The molecule has 0 saturated carbocycles. The van der Waals surface area contributed by atoms with Crippen molar-refractivity contribution in [1.29, 1.82) is 0 Å². The number of nitrogens with zero attached hydrogens (tertiary/aromatic N) is 1. The fourth-order valence-electron chi connectivity index (χ4n) is 1.98. The Bertz CT molecular complexity index is 666. The molecule has 22 heavy (non-hydrogen) atoms. The quantitative estimate of drug-likeness (QED) is 0.654. The Balaban J connectivity index is 2.04. The maximum absolute atomic E-state index is 12.1. The van der Waals surface area contributed by atoms with Gasteiger partial charge in [-0.15, -0.1) is 0 Å². The molecule has 0 aliphatic rings. The number of hydrogen-bond donors (Lipinski definition) is 1. The monoisotopic (exact) mass is 296 g/mol. The number of hydrazone groups is 1. The highest BCUT2D eigenvalue weighted by Crippen LogP contribution is 2.16. The third-order valence-electron chi connectivity index (χ3n) is 3.14.